The van der Waals surface area contributed by atoms with Crippen LogP contribution in [0.4, 0.5) is 18.9 Å². The molecule has 3 aromatic carbocycles. The number of hydrogen-bond donors (Lipinski definition) is 2. The predicted octanol–water partition coefficient (Wildman–Crippen LogP) is 6.10. The Balaban J connectivity index is 1.49. The molecule has 12 heteroatoms. The first-order chi connectivity index (χ1) is 19.5. The van der Waals surface area contributed by atoms with Crippen LogP contribution in [0.5, 0.6) is 5.75 Å². The zero-order chi connectivity index (χ0) is 29.4. The molecule has 0 amide bonds. The number of nitrogens with zero attached hydrogens (tertiary/aromatic N) is 1. The number of benzene rings is 3. The van der Waals surface area contributed by atoms with E-state index in [9.17, 15) is 26.4 Å². The van der Waals surface area contributed by atoms with Crippen LogP contribution in [-0.4, -0.2) is 49.5 Å². The van der Waals surface area contributed by atoms with E-state index >= 15 is 0 Å². The lowest BCUT2D eigenvalue weighted by molar-refractivity contribution is -0.0494. The van der Waals surface area contributed by atoms with Gasteiger partial charge in [-0.3, -0.25) is 4.79 Å². The number of ether oxygens (including phenoxy) is 1. The molecule has 0 saturated carbocycles. The van der Waals surface area contributed by atoms with E-state index < -0.39 is 15.5 Å². The number of pyridine rings is 1. The highest BCUT2D eigenvalue weighted by Crippen LogP contribution is 2.36. The first-order valence-electron chi connectivity index (χ1n) is 12.9. The number of aromatic amines is 1. The lowest BCUT2D eigenvalue weighted by Gasteiger charge is -2.32. The summed E-state index contributed by atoms with van der Waals surface area (Å²) in [6, 6.07) is 22.1. The highest BCUT2D eigenvalue weighted by atomic mass is 35.5. The maximum absolute atomic E-state index is 13.0. The van der Waals surface area contributed by atoms with E-state index in [-0.39, 0.29) is 43.5 Å². The number of H-pyrrole nitrogens is 1. The number of halogens is 4. The van der Waals surface area contributed by atoms with E-state index in [4.69, 9.17) is 16.3 Å². The molecule has 0 radical (unpaired) electrons. The molecule has 5 rings (SSSR count). The predicted molar refractivity (Wildman–Crippen MR) is 153 cm³/mol. The highest BCUT2D eigenvalue weighted by molar-refractivity contribution is 7.90. The fourth-order valence-electron chi connectivity index (χ4n) is 5.21. The van der Waals surface area contributed by atoms with E-state index in [1.165, 1.54) is 6.07 Å². The van der Waals surface area contributed by atoms with Crippen molar-refractivity contribution in [2.24, 2.45) is 0 Å². The molecule has 216 valence electrons. The van der Waals surface area contributed by atoms with Gasteiger partial charge in [-0.25, -0.2) is 8.42 Å². The van der Waals surface area contributed by atoms with Gasteiger partial charge in [0.15, 0.2) is 0 Å². The molecule has 0 spiro atoms. The van der Waals surface area contributed by atoms with Crippen molar-refractivity contribution in [3.05, 3.63) is 105 Å². The van der Waals surface area contributed by atoms with Crippen molar-refractivity contribution in [3.8, 4) is 5.75 Å². The van der Waals surface area contributed by atoms with E-state index in [0.29, 0.717) is 20.5 Å². The second kappa shape index (κ2) is 11.4. The summed E-state index contributed by atoms with van der Waals surface area (Å²) >= 11 is 6.16. The summed E-state index contributed by atoms with van der Waals surface area (Å²) in [6.45, 7) is -0.552. The molecular weight excluding hydrogens is 579 g/mol. The smallest absolute Gasteiger partial charge is 0.497 e. The molecule has 0 aliphatic carbocycles. The van der Waals surface area contributed by atoms with Crippen LogP contribution in [0.25, 0.3) is 10.9 Å². The average molecular weight is 606 g/mol. The molecule has 7 nitrogen and oxygen atoms in total. The third kappa shape index (κ3) is 6.07. The zero-order valence-corrected chi connectivity index (χ0v) is 23.5. The molecule has 41 heavy (non-hydrogen) atoms. The molecule has 1 unspecified atom stereocenters. The number of alkyl halides is 3. The summed E-state index contributed by atoms with van der Waals surface area (Å²) in [6.07, 6.45) is 0.311. The molecule has 1 fully saturated rings. The van der Waals surface area contributed by atoms with Crippen LogP contribution in [-0.2, 0) is 10.0 Å². The quantitative estimate of drug-likeness (QED) is 0.249. The van der Waals surface area contributed by atoms with E-state index in [0.717, 1.165) is 27.8 Å². The van der Waals surface area contributed by atoms with Crippen LogP contribution in [0.3, 0.4) is 0 Å². The van der Waals surface area contributed by atoms with Gasteiger partial charge in [-0.05, 0) is 65.9 Å². The van der Waals surface area contributed by atoms with Gasteiger partial charge in [-0.15, -0.1) is 0 Å². The second-order valence-corrected chi connectivity index (χ2v) is 12.2. The third-order valence-electron chi connectivity index (χ3n) is 7.30. The van der Waals surface area contributed by atoms with Gasteiger partial charge < -0.3 is 15.0 Å². The van der Waals surface area contributed by atoms with Crippen LogP contribution in [0.2, 0.25) is 5.02 Å². The van der Waals surface area contributed by atoms with Gasteiger partial charge in [-0.2, -0.15) is 17.5 Å². The number of rotatable bonds is 7. The monoisotopic (exact) mass is 605 g/mol. The topological polar surface area (TPSA) is 91.5 Å². The van der Waals surface area contributed by atoms with Gasteiger partial charge in [0, 0.05) is 47.2 Å². The summed E-state index contributed by atoms with van der Waals surface area (Å²) < 4.78 is 68.4. The summed E-state index contributed by atoms with van der Waals surface area (Å²) in [7, 11) is -3.78. The minimum absolute atomic E-state index is 0.155. The third-order valence-corrected chi connectivity index (χ3v) is 9.18. The molecule has 4 aromatic rings. The molecule has 2 heterocycles. The molecule has 1 aliphatic heterocycles. The number of anilines is 1. The zero-order valence-electron chi connectivity index (χ0n) is 21.9. The lowest BCUT2D eigenvalue weighted by Crippen LogP contribution is -2.47. The van der Waals surface area contributed by atoms with Gasteiger partial charge >= 0.3 is 15.5 Å². The number of aromatic nitrogens is 1. The van der Waals surface area contributed by atoms with E-state index in [2.05, 4.69) is 10.3 Å². The first kappa shape index (κ1) is 29.0. The van der Waals surface area contributed by atoms with Gasteiger partial charge in [0.25, 0.3) is 0 Å². The highest BCUT2D eigenvalue weighted by Gasteiger charge is 2.50. The lowest BCUT2D eigenvalue weighted by atomic mass is 9.84. The molecule has 1 aromatic heterocycles. The summed E-state index contributed by atoms with van der Waals surface area (Å²) in [4.78, 5) is 15.3. The Bertz CT molecular complexity index is 1700. The van der Waals surface area contributed by atoms with E-state index in [1.807, 2.05) is 66.7 Å². The van der Waals surface area contributed by atoms with Crippen molar-refractivity contribution in [3.63, 3.8) is 0 Å². The maximum atomic E-state index is 13.0. The van der Waals surface area contributed by atoms with Crippen molar-refractivity contribution < 1.29 is 26.3 Å². The largest absolute Gasteiger partial charge is 0.511 e. The molecule has 1 aliphatic rings. The molecule has 1 saturated heterocycles. The normalized spacial score (nSPS) is 16.0. The number of piperidine rings is 1. The summed E-state index contributed by atoms with van der Waals surface area (Å²) in [5.41, 5.74) is -1.63. The Morgan fingerprint density at radius 1 is 0.951 bits per heavy atom. The van der Waals surface area contributed by atoms with Crippen LogP contribution in [0, 0.1) is 0 Å². The van der Waals surface area contributed by atoms with Gasteiger partial charge in [0.05, 0.1) is 12.6 Å². The molecular formula is C29H27ClF3N3O4S. The summed E-state index contributed by atoms with van der Waals surface area (Å²) in [5.74, 6) is 0.540. The Hall–Kier alpha value is -3.54. The number of nitrogens with one attached hydrogen (secondary N) is 2. The summed E-state index contributed by atoms with van der Waals surface area (Å²) in [5, 5.41) is 4.62. The van der Waals surface area contributed by atoms with Crippen LogP contribution < -0.4 is 15.6 Å². The number of fused-ring (bicyclic) bond motifs is 1. The van der Waals surface area contributed by atoms with Gasteiger partial charge in [0.1, 0.15) is 5.75 Å². The number of hydrogen-bond acceptors (Lipinski definition) is 5. The molecule has 2 N–H and O–H groups in total. The van der Waals surface area contributed by atoms with Crippen LogP contribution in [0.1, 0.15) is 35.4 Å². The van der Waals surface area contributed by atoms with Gasteiger partial charge in [-0.1, -0.05) is 41.9 Å². The Labute approximate surface area is 240 Å². The average Bonchev–Trinajstić information content (AvgIpc) is 2.94. The SMILES string of the molecule is COc1ccc(C(c2ccc(Cl)cc2)c2ccc3[nH]c(=O)cc(NC4CCN(S(=O)(=O)C(F)(F)F)CC4)c3c2)cc1. The molecule has 0 bridgehead atoms. The van der Waals surface area contributed by atoms with Crippen molar-refractivity contribution in [1.82, 2.24) is 9.29 Å². The maximum Gasteiger partial charge on any atom is 0.511 e. The molecule has 1 atom stereocenters. The van der Waals surface area contributed by atoms with Crippen LogP contribution >= 0.6 is 11.6 Å². The fraction of sp³-hybridized carbons (Fsp3) is 0.276. The van der Waals surface area contributed by atoms with Crippen molar-refractivity contribution in [2.45, 2.75) is 30.3 Å². The Kier molecular flexibility index (Phi) is 8.04. The van der Waals surface area contributed by atoms with E-state index in [1.54, 1.807) is 7.11 Å². The fourth-order valence-corrected chi connectivity index (χ4v) is 6.32. The second-order valence-electron chi connectivity index (χ2n) is 9.88. The Morgan fingerprint density at radius 3 is 2.12 bits per heavy atom. The van der Waals surface area contributed by atoms with Crippen molar-refractivity contribution >= 4 is 38.2 Å². The van der Waals surface area contributed by atoms with Crippen molar-refractivity contribution in [1.29, 1.82) is 0 Å². The number of sulfonamides is 1. The minimum Gasteiger partial charge on any atom is -0.497 e. The minimum atomic E-state index is -5.38. The number of methoxy groups -OCH3 is 1. The van der Waals surface area contributed by atoms with Crippen molar-refractivity contribution in [2.75, 3.05) is 25.5 Å². The van der Waals surface area contributed by atoms with Crippen LogP contribution in [0.15, 0.2) is 77.6 Å². The standard InChI is InChI=1S/C29H27ClF3N3O4S/c1-40-23-9-4-19(5-10-23)28(18-2-7-21(30)8-3-18)20-6-11-25-24(16-20)26(17-27(37)35-25)34-22-12-14-36(15-13-22)41(38,39)29(31,32)33/h2-11,16-17,22,28H,12-15H2,1H3,(H2,34,35,37). The van der Waals surface area contributed by atoms with Gasteiger partial charge in [0.2, 0.25) is 5.56 Å². The Morgan fingerprint density at radius 2 is 1.54 bits per heavy atom. The first-order valence-corrected chi connectivity index (χ1v) is 14.7.